The molecule has 0 aliphatic carbocycles. The number of aromatic nitrogens is 2. The van der Waals surface area contributed by atoms with Crippen molar-refractivity contribution in [1.29, 1.82) is 0 Å². The lowest BCUT2D eigenvalue weighted by Gasteiger charge is -2.17. The van der Waals surface area contributed by atoms with Gasteiger partial charge in [0.05, 0.1) is 5.75 Å². The number of amides is 1. The predicted molar refractivity (Wildman–Crippen MR) is 106 cm³/mol. The van der Waals surface area contributed by atoms with Crippen molar-refractivity contribution in [2.75, 3.05) is 17.2 Å². The summed E-state index contributed by atoms with van der Waals surface area (Å²) >= 11 is 1.49. The SMILES string of the molecule is Cc1cc(C)cc(-n2ccnc2SCC(=O)N2CCc3ccccc32)c1. The van der Waals surface area contributed by atoms with Gasteiger partial charge < -0.3 is 4.90 Å². The average molecular weight is 363 g/mol. The molecule has 0 saturated heterocycles. The highest BCUT2D eigenvalue weighted by atomic mass is 32.2. The maximum Gasteiger partial charge on any atom is 0.237 e. The molecule has 132 valence electrons. The number of anilines is 1. The third-order valence-corrected chi connectivity index (χ3v) is 5.56. The quantitative estimate of drug-likeness (QED) is 0.653. The van der Waals surface area contributed by atoms with Gasteiger partial charge in [-0.1, -0.05) is 36.0 Å². The normalized spacial score (nSPS) is 13.1. The van der Waals surface area contributed by atoms with Gasteiger partial charge >= 0.3 is 0 Å². The molecule has 0 atom stereocenters. The molecule has 4 nitrogen and oxygen atoms in total. The van der Waals surface area contributed by atoms with Crippen molar-refractivity contribution < 1.29 is 4.79 Å². The Labute approximate surface area is 157 Å². The second-order valence-corrected chi connectivity index (χ2v) is 7.58. The number of imidazole rings is 1. The molecule has 0 fully saturated rings. The molecule has 0 spiro atoms. The van der Waals surface area contributed by atoms with Crippen LogP contribution in [0.25, 0.3) is 5.69 Å². The minimum atomic E-state index is 0.134. The molecule has 26 heavy (non-hydrogen) atoms. The van der Waals surface area contributed by atoms with Crippen LogP contribution in [0.2, 0.25) is 0 Å². The molecule has 5 heteroatoms. The van der Waals surface area contributed by atoms with Gasteiger partial charge in [0, 0.05) is 30.3 Å². The molecule has 3 aromatic rings. The van der Waals surface area contributed by atoms with Gasteiger partial charge in [-0.05, 0) is 55.2 Å². The molecule has 1 aliphatic rings. The molecule has 2 aromatic carbocycles. The first-order valence-corrected chi connectivity index (χ1v) is 9.73. The fourth-order valence-electron chi connectivity index (χ4n) is 3.48. The van der Waals surface area contributed by atoms with Gasteiger partial charge in [-0.25, -0.2) is 4.98 Å². The van der Waals surface area contributed by atoms with Crippen molar-refractivity contribution in [2.45, 2.75) is 25.4 Å². The Morgan fingerprint density at radius 2 is 1.92 bits per heavy atom. The molecule has 1 aliphatic heterocycles. The van der Waals surface area contributed by atoms with Gasteiger partial charge in [-0.15, -0.1) is 0 Å². The van der Waals surface area contributed by atoms with Gasteiger partial charge in [0.25, 0.3) is 0 Å². The summed E-state index contributed by atoms with van der Waals surface area (Å²) in [6.45, 7) is 4.95. The second-order valence-electron chi connectivity index (χ2n) is 6.64. The number of rotatable bonds is 4. The van der Waals surface area contributed by atoms with Crippen molar-refractivity contribution >= 4 is 23.4 Å². The van der Waals surface area contributed by atoms with Crippen molar-refractivity contribution in [3.63, 3.8) is 0 Å². The molecule has 0 N–H and O–H groups in total. The third-order valence-electron chi connectivity index (χ3n) is 4.60. The zero-order valence-corrected chi connectivity index (χ0v) is 15.8. The largest absolute Gasteiger partial charge is 0.311 e. The van der Waals surface area contributed by atoms with Crippen LogP contribution in [-0.2, 0) is 11.2 Å². The van der Waals surface area contributed by atoms with Crippen molar-refractivity contribution in [3.8, 4) is 5.69 Å². The Hall–Kier alpha value is -2.53. The Morgan fingerprint density at radius 1 is 1.15 bits per heavy atom. The molecule has 0 radical (unpaired) electrons. The first-order valence-electron chi connectivity index (χ1n) is 8.75. The van der Waals surface area contributed by atoms with E-state index in [0.717, 1.165) is 29.5 Å². The van der Waals surface area contributed by atoms with E-state index in [9.17, 15) is 4.79 Å². The number of hydrogen-bond donors (Lipinski definition) is 0. The molecular formula is C21H21N3OS. The van der Waals surface area contributed by atoms with Gasteiger partial charge in [0.2, 0.25) is 5.91 Å². The summed E-state index contributed by atoms with van der Waals surface area (Å²) < 4.78 is 2.05. The Balaban J connectivity index is 1.50. The molecule has 0 bridgehead atoms. The Kier molecular flexibility index (Phi) is 4.55. The molecule has 2 heterocycles. The predicted octanol–water partition coefficient (Wildman–Crippen LogP) is 4.17. The summed E-state index contributed by atoms with van der Waals surface area (Å²) in [4.78, 5) is 19.1. The number of carbonyl (C=O) groups is 1. The molecule has 0 saturated carbocycles. The number of fused-ring (bicyclic) bond motifs is 1. The highest BCUT2D eigenvalue weighted by Gasteiger charge is 2.24. The summed E-state index contributed by atoms with van der Waals surface area (Å²) in [6, 6.07) is 14.6. The van der Waals surface area contributed by atoms with Crippen LogP contribution in [0.4, 0.5) is 5.69 Å². The number of aryl methyl sites for hydroxylation is 2. The van der Waals surface area contributed by atoms with Crippen LogP contribution in [0.1, 0.15) is 16.7 Å². The highest BCUT2D eigenvalue weighted by molar-refractivity contribution is 7.99. The summed E-state index contributed by atoms with van der Waals surface area (Å²) in [5.74, 6) is 0.519. The summed E-state index contributed by atoms with van der Waals surface area (Å²) in [5.41, 5.74) is 5.82. The van der Waals surface area contributed by atoms with Crippen LogP contribution in [-0.4, -0.2) is 27.8 Å². The fraction of sp³-hybridized carbons (Fsp3) is 0.238. The zero-order chi connectivity index (χ0) is 18.1. The van der Waals surface area contributed by atoms with Crippen LogP contribution in [0, 0.1) is 13.8 Å². The van der Waals surface area contributed by atoms with Crippen LogP contribution in [0.5, 0.6) is 0 Å². The van der Waals surface area contributed by atoms with E-state index in [0.29, 0.717) is 5.75 Å². The fourth-order valence-corrected chi connectivity index (χ4v) is 4.33. The third kappa shape index (κ3) is 3.27. The minimum absolute atomic E-state index is 0.134. The molecule has 1 amide bonds. The standard InChI is InChI=1S/C21H21N3OS/c1-15-11-16(2)13-18(12-15)23-10-8-22-21(23)26-14-20(25)24-9-7-17-5-3-4-6-19(17)24/h3-6,8,10-13H,7,9,14H2,1-2H3. The number of hydrogen-bond acceptors (Lipinski definition) is 3. The van der Waals surface area contributed by atoms with Gasteiger partial charge in [-0.3, -0.25) is 9.36 Å². The van der Waals surface area contributed by atoms with E-state index < -0.39 is 0 Å². The van der Waals surface area contributed by atoms with Gasteiger partial charge in [0.15, 0.2) is 5.16 Å². The second kappa shape index (κ2) is 7.00. The monoisotopic (exact) mass is 363 g/mol. The first-order chi connectivity index (χ1) is 12.6. The van der Waals surface area contributed by atoms with Crippen LogP contribution in [0.3, 0.4) is 0 Å². The lowest BCUT2D eigenvalue weighted by molar-refractivity contribution is -0.116. The van der Waals surface area contributed by atoms with Crippen molar-refractivity contribution in [2.24, 2.45) is 0 Å². The smallest absolute Gasteiger partial charge is 0.237 e. The lowest BCUT2D eigenvalue weighted by Crippen LogP contribution is -2.30. The van der Waals surface area contributed by atoms with Gasteiger partial charge in [-0.2, -0.15) is 0 Å². The zero-order valence-electron chi connectivity index (χ0n) is 15.0. The summed E-state index contributed by atoms with van der Waals surface area (Å²) in [7, 11) is 0. The molecule has 1 aromatic heterocycles. The number of benzene rings is 2. The van der Waals surface area contributed by atoms with E-state index in [2.05, 4.69) is 47.7 Å². The summed E-state index contributed by atoms with van der Waals surface area (Å²) in [5, 5.41) is 0.843. The van der Waals surface area contributed by atoms with E-state index >= 15 is 0 Å². The highest BCUT2D eigenvalue weighted by Crippen LogP contribution is 2.29. The Morgan fingerprint density at radius 3 is 2.73 bits per heavy atom. The average Bonchev–Trinajstić information content (AvgIpc) is 3.25. The first kappa shape index (κ1) is 16.9. The number of thioether (sulfide) groups is 1. The number of carbonyl (C=O) groups excluding carboxylic acids is 1. The molecule has 0 unspecified atom stereocenters. The topological polar surface area (TPSA) is 38.1 Å². The van der Waals surface area contributed by atoms with Crippen LogP contribution in [0.15, 0.2) is 60.0 Å². The van der Waals surface area contributed by atoms with Crippen molar-refractivity contribution in [1.82, 2.24) is 9.55 Å². The van der Waals surface area contributed by atoms with E-state index in [1.54, 1.807) is 6.20 Å². The van der Waals surface area contributed by atoms with E-state index in [4.69, 9.17) is 0 Å². The Bertz CT molecular complexity index is 943. The lowest BCUT2D eigenvalue weighted by atomic mass is 10.1. The van der Waals surface area contributed by atoms with E-state index in [1.165, 1.54) is 28.5 Å². The maximum absolute atomic E-state index is 12.7. The summed E-state index contributed by atoms with van der Waals surface area (Å²) in [6.07, 6.45) is 4.67. The minimum Gasteiger partial charge on any atom is -0.311 e. The van der Waals surface area contributed by atoms with Crippen molar-refractivity contribution in [3.05, 3.63) is 71.5 Å². The maximum atomic E-state index is 12.7. The van der Waals surface area contributed by atoms with Gasteiger partial charge in [0.1, 0.15) is 0 Å². The van der Waals surface area contributed by atoms with Crippen LogP contribution < -0.4 is 4.90 Å². The molecular weight excluding hydrogens is 342 g/mol. The number of para-hydroxylation sites is 1. The van der Waals surface area contributed by atoms with E-state index in [-0.39, 0.29) is 5.91 Å². The van der Waals surface area contributed by atoms with E-state index in [1.807, 2.05) is 29.3 Å². The molecule has 4 rings (SSSR count). The van der Waals surface area contributed by atoms with Crippen LogP contribution >= 0.6 is 11.8 Å². The number of nitrogens with zero attached hydrogens (tertiary/aromatic N) is 3.